The molecule has 1 amide bonds. The van der Waals surface area contributed by atoms with Crippen LogP contribution in [-0.2, 0) is 11.2 Å². The van der Waals surface area contributed by atoms with Gasteiger partial charge in [-0.1, -0.05) is 12.1 Å². The van der Waals surface area contributed by atoms with Gasteiger partial charge in [0.1, 0.15) is 11.6 Å². The Morgan fingerprint density at radius 1 is 1.12 bits per heavy atom. The third-order valence-electron chi connectivity index (χ3n) is 5.86. The lowest BCUT2D eigenvalue weighted by atomic mass is 10.1. The molecular formula is C25H28N4O2S. The second-order valence-corrected chi connectivity index (χ2v) is 8.42. The third kappa shape index (κ3) is 5.41. The molecule has 2 heterocycles. The van der Waals surface area contributed by atoms with Gasteiger partial charge in [0.15, 0.2) is 5.55 Å². The topological polar surface area (TPSA) is 57.7 Å². The van der Waals surface area contributed by atoms with Crippen LogP contribution in [-0.4, -0.2) is 54.6 Å². The van der Waals surface area contributed by atoms with Crippen LogP contribution < -0.4 is 15.0 Å². The van der Waals surface area contributed by atoms with Crippen LogP contribution in [0.25, 0.3) is 10.9 Å². The van der Waals surface area contributed by atoms with Crippen molar-refractivity contribution in [2.75, 3.05) is 43.4 Å². The van der Waals surface area contributed by atoms with E-state index in [0.29, 0.717) is 18.6 Å². The van der Waals surface area contributed by atoms with Gasteiger partial charge in [0, 0.05) is 43.7 Å². The number of carbonyl (C=O) groups is 1. The number of likely N-dealkylation sites (N-methyl/N-ethyl adjacent to an activating group) is 1. The van der Waals surface area contributed by atoms with Crippen molar-refractivity contribution in [3.8, 4) is 5.75 Å². The maximum Gasteiger partial charge on any atom is 0.224 e. The summed E-state index contributed by atoms with van der Waals surface area (Å²) in [6.07, 6.45) is 1.07. The van der Waals surface area contributed by atoms with Gasteiger partial charge in [-0.05, 0) is 80.1 Å². The van der Waals surface area contributed by atoms with Crippen molar-refractivity contribution in [1.29, 1.82) is 0 Å². The molecule has 0 unspecified atom stereocenters. The van der Waals surface area contributed by atoms with Crippen LogP contribution in [0.3, 0.4) is 0 Å². The van der Waals surface area contributed by atoms with Crippen LogP contribution in [0.4, 0.5) is 11.5 Å². The zero-order chi connectivity index (χ0) is 22.5. The maximum atomic E-state index is 12.5. The van der Waals surface area contributed by atoms with Gasteiger partial charge in [-0.15, -0.1) is 0 Å². The summed E-state index contributed by atoms with van der Waals surface area (Å²) < 4.78 is 5.16. The molecule has 0 saturated carbocycles. The van der Waals surface area contributed by atoms with Crippen LogP contribution in [0, 0.1) is 6.92 Å². The highest BCUT2D eigenvalue weighted by Gasteiger charge is 2.16. The number of rotatable bonds is 7. The molecule has 1 fully saturated rings. The largest absolute Gasteiger partial charge is 0.454 e. The number of fused-ring (bicyclic) bond motifs is 1. The lowest BCUT2D eigenvalue weighted by Gasteiger charge is -2.33. The number of hydrogen-bond acceptors (Lipinski definition) is 6. The first-order valence-corrected chi connectivity index (χ1v) is 11.3. The van der Waals surface area contributed by atoms with E-state index in [-0.39, 0.29) is 5.91 Å². The Hall–Kier alpha value is -3.03. The Labute approximate surface area is 194 Å². The number of anilines is 2. The number of nitrogens with zero attached hydrogens (tertiary/aromatic N) is 3. The van der Waals surface area contributed by atoms with Gasteiger partial charge in [0.2, 0.25) is 5.91 Å². The Kier molecular flexibility index (Phi) is 6.97. The number of benzene rings is 2. The SMILES string of the molecule is Cc1cc(N2CCN(C)CC2)nc2ccc(NC(=O)CCc3ccc(OC=S)cc3)cc12. The van der Waals surface area contributed by atoms with E-state index in [1.807, 2.05) is 42.5 Å². The van der Waals surface area contributed by atoms with Gasteiger partial charge in [-0.25, -0.2) is 4.98 Å². The van der Waals surface area contributed by atoms with Crippen molar-refractivity contribution >= 4 is 46.1 Å². The fourth-order valence-corrected chi connectivity index (χ4v) is 4.03. The summed E-state index contributed by atoms with van der Waals surface area (Å²) in [6.45, 7) is 6.19. The standard InChI is InChI=1S/C25H28N4O2S/c1-18-15-24(29-13-11-28(2)12-14-29)27-23-9-6-20(16-22(18)23)26-25(30)10-5-19-3-7-21(8-4-19)31-17-32/h3-4,6-9,15-17H,5,10-14H2,1-2H3,(H,26,30). The first-order chi connectivity index (χ1) is 15.5. The number of thiocarbonyl (C=S) groups is 1. The number of pyridine rings is 1. The summed E-state index contributed by atoms with van der Waals surface area (Å²) in [6, 6.07) is 15.7. The smallest absolute Gasteiger partial charge is 0.224 e. The molecule has 1 aliphatic rings. The highest BCUT2D eigenvalue weighted by atomic mass is 32.1. The van der Waals surface area contributed by atoms with Gasteiger partial charge in [0.25, 0.3) is 0 Å². The molecule has 1 aliphatic heterocycles. The predicted molar refractivity (Wildman–Crippen MR) is 134 cm³/mol. The molecular weight excluding hydrogens is 420 g/mol. The number of aromatic nitrogens is 1. The van der Waals surface area contributed by atoms with Gasteiger partial charge in [-0.2, -0.15) is 0 Å². The van der Waals surface area contributed by atoms with Gasteiger partial charge in [0.05, 0.1) is 5.52 Å². The molecule has 0 bridgehead atoms. The molecule has 0 aliphatic carbocycles. The fraction of sp³-hybridized carbons (Fsp3) is 0.320. The van der Waals surface area contributed by atoms with E-state index in [9.17, 15) is 4.79 Å². The maximum absolute atomic E-state index is 12.5. The Morgan fingerprint density at radius 3 is 2.59 bits per heavy atom. The molecule has 32 heavy (non-hydrogen) atoms. The molecule has 1 aromatic heterocycles. The number of nitrogens with one attached hydrogen (secondary N) is 1. The molecule has 1 N–H and O–H groups in total. The molecule has 7 heteroatoms. The Balaban J connectivity index is 1.39. The fourth-order valence-electron chi connectivity index (χ4n) is 3.92. The minimum atomic E-state index is -0.0109. The second kappa shape index (κ2) is 10.1. The van der Waals surface area contributed by atoms with E-state index in [4.69, 9.17) is 9.72 Å². The summed E-state index contributed by atoms with van der Waals surface area (Å²) in [7, 11) is 2.15. The molecule has 6 nitrogen and oxygen atoms in total. The van der Waals surface area contributed by atoms with Crippen LogP contribution in [0.1, 0.15) is 17.5 Å². The summed E-state index contributed by atoms with van der Waals surface area (Å²) in [5, 5.41) is 4.08. The van der Waals surface area contributed by atoms with Gasteiger partial charge < -0.3 is 19.9 Å². The summed E-state index contributed by atoms with van der Waals surface area (Å²) in [5.41, 5.74) is 5.22. The van der Waals surface area contributed by atoms with Crippen molar-refractivity contribution < 1.29 is 9.53 Å². The van der Waals surface area contributed by atoms with E-state index in [2.05, 4.69) is 47.4 Å². The van der Waals surface area contributed by atoms with E-state index in [0.717, 1.165) is 54.2 Å². The van der Waals surface area contributed by atoms with E-state index in [1.165, 1.54) is 11.1 Å². The van der Waals surface area contributed by atoms with Gasteiger partial charge >= 0.3 is 0 Å². The van der Waals surface area contributed by atoms with Crippen LogP contribution >= 0.6 is 12.2 Å². The number of hydrogen-bond donors (Lipinski definition) is 1. The molecule has 166 valence electrons. The van der Waals surface area contributed by atoms with Crippen molar-refractivity contribution in [2.45, 2.75) is 19.8 Å². The quantitative estimate of drug-likeness (QED) is 0.547. The van der Waals surface area contributed by atoms with Crippen molar-refractivity contribution in [3.63, 3.8) is 0 Å². The van der Waals surface area contributed by atoms with E-state index >= 15 is 0 Å². The molecule has 1 saturated heterocycles. The molecule has 0 spiro atoms. The second-order valence-electron chi connectivity index (χ2n) is 8.23. The minimum absolute atomic E-state index is 0.0109. The predicted octanol–water partition coefficient (Wildman–Crippen LogP) is 4.20. The summed E-state index contributed by atoms with van der Waals surface area (Å²) in [4.78, 5) is 22.0. The minimum Gasteiger partial charge on any atom is -0.454 e. The monoisotopic (exact) mass is 448 g/mol. The number of ether oxygens (including phenoxy) is 1. The first-order valence-electron chi connectivity index (χ1n) is 10.9. The third-order valence-corrected chi connectivity index (χ3v) is 5.96. The number of amides is 1. The molecule has 0 radical (unpaired) electrons. The van der Waals surface area contributed by atoms with E-state index in [1.54, 1.807) is 0 Å². The van der Waals surface area contributed by atoms with Crippen LogP contribution in [0.5, 0.6) is 5.75 Å². The first kappa shape index (κ1) is 22.2. The Morgan fingerprint density at radius 2 is 1.88 bits per heavy atom. The van der Waals surface area contributed by atoms with E-state index < -0.39 is 0 Å². The number of piperazine rings is 1. The highest BCUT2D eigenvalue weighted by molar-refractivity contribution is 7.78. The van der Waals surface area contributed by atoms with Crippen molar-refractivity contribution in [2.24, 2.45) is 0 Å². The molecule has 0 atom stereocenters. The van der Waals surface area contributed by atoms with Crippen LogP contribution in [0.2, 0.25) is 0 Å². The lowest BCUT2D eigenvalue weighted by molar-refractivity contribution is -0.116. The number of carbonyl (C=O) groups excluding carboxylic acids is 1. The highest BCUT2D eigenvalue weighted by Crippen LogP contribution is 2.26. The lowest BCUT2D eigenvalue weighted by Crippen LogP contribution is -2.44. The van der Waals surface area contributed by atoms with Crippen LogP contribution in [0.15, 0.2) is 48.5 Å². The van der Waals surface area contributed by atoms with Crippen molar-refractivity contribution in [1.82, 2.24) is 9.88 Å². The molecule has 4 rings (SSSR count). The average molecular weight is 449 g/mol. The van der Waals surface area contributed by atoms with Gasteiger partial charge in [-0.3, -0.25) is 4.79 Å². The normalized spacial score (nSPS) is 14.4. The molecule has 3 aromatic rings. The number of aryl methyl sites for hydroxylation is 2. The van der Waals surface area contributed by atoms with Crippen molar-refractivity contribution in [3.05, 3.63) is 59.7 Å². The zero-order valence-corrected chi connectivity index (χ0v) is 19.3. The Bertz CT molecular complexity index is 1110. The molecule has 2 aromatic carbocycles. The summed E-state index contributed by atoms with van der Waals surface area (Å²) >= 11 is 4.68. The average Bonchev–Trinajstić information content (AvgIpc) is 2.79. The summed E-state index contributed by atoms with van der Waals surface area (Å²) in [5.74, 6) is 1.72. The zero-order valence-electron chi connectivity index (χ0n) is 18.5.